The molecular weight excluding hydrogens is 346 g/mol. The van der Waals surface area contributed by atoms with Gasteiger partial charge < -0.3 is 9.52 Å². The summed E-state index contributed by atoms with van der Waals surface area (Å²) in [6, 6.07) is 8.40. The third-order valence-electron chi connectivity index (χ3n) is 3.54. The van der Waals surface area contributed by atoms with Crippen molar-refractivity contribution in [2.45, 2.75) is 13.8 Å². The first-order chi connectivity index (χ1) is 11.4. The van der Waals surface area contributed by atoms with Crippen LogP contribution in [0.3, 0.4) is 0 Å². The maximum absolute atomic E-state index is 12.7. The number of aromatic carboxylic acids is 1. The van der Waals surface area contributed by atoms with Crippen molar-refractivity contribution in [3.63, 3.8) is 0 Å². The van der Waals surface area contributed by atoms with E-state index in [1.165, 1.54) is 11.0 Å². The molecule has 5 nitrogen and oxygen atoms in total. The van der Waals surface area contributed by atoms with Crippen LogP contribution in [0.15, 0.2) is 39.7 Å². The van der Waals surface area contributed by atoms with E-state index in [0.29, 0.717) is 26.2 Å². The van der Waals surface area contributed by atoms with Crippen molar-refractivity contribution in [2.24, 2.45) is 0 Å². The highest BCUT2D eigenvalue weighted by Crippen LogP contribution is 2.36. The lowest BCUT2D eigenvalue weighted by atomic mass is 10.1. The highest BCUT2D eigenvalue weighted by atomic mass is 32.2. The van der Waals surface area contributed by atoms with Gasteiger partial charge in [0, 0.05) is 6.08 Å². The van der Waals surface area contributed by atoms with Crippen molar-refractivity contribution in [2.75, 3.05) is 4.90 Å². The van der Waals surface area contributed by atoms with E-state index in [-0.39, 0.29) is 11.5 Å². The van der Waals surface area contributed by atoms with Gasteiger partial charge in [-0.05, 0) is 43.7 Å². The van der Waals surface area contributed by atoms with Crippen molar-refractivity contribution in [3.05, 3.63) is 57.9 Å². The summed E-state index contributed by atoms with van der Waals surface area (Å²) in [6.45, 7) is 3.53. The molecule has 2 aromatic rings. The van der Waals surface area contributed by atoms with Crippen LogP contribution < -0.4 is 4.90 Å². The number of nitrogens with zero attached hydrogens (tertiary/aromatic N) is 1. The second-order valence-electron chi connectivity index (χ2n) is 5.27. The summed E-state index contributed by atoms with van der Waals surface area (Å²) >= 11 is 6.45. The predicted molar refractivity (Wildman–Crippen MR) is 97.2 cm³/mol. The fourth-order valence-corrected chi connectivity index (χ4v) is 3.61. The van der Waals surface area contributed by atoms with Crippen molar-refractivity contribution < 1.29 is 19.1 Å². The molecule has 3 rings (SSSR count). The van der Waals surface area contributed by atoms with Gasteiger partial charge in [0.1, 0.15) is 11.5 Å². The Labute approximate surface area is 148 Å². The molecule has 0 atom stereocenters. The number of thiocarbonyl (C=S) groups is 1. The molecule has 122 valence electrons. The summed E-state index contributed by atoms with van der Waals surface area (Å²) in [7, 11) is 0. The molecule has 1 N–H and O–H groups in total. The van der Waals surface area contributed by atoms with Gasteiger partial charge in [-0.1, -0.05) is 30.0 Å². The second kappa shape index (κ2) is 6.26. The molecule has 1 aliphatic heterocycles. The number of furan rings is 1. The Morgan fingerprint density at radius 2 is 2.04 bits per heavy atom. The molecule has 0 unspecified atom stereocenters. The van der Waals surface area contributed by atoms with Gasteiger partial charge in [0.15, 0.2) is 4.32 Å². The maximum Gasteiger partial charge on any atom is 0.336 e. The third-order valence-corrected chi connectivity index (χ3v) is 4.84. The Hall–Kier alpha value is -2.38. The Balaban J connectivity index is 1.97. The predicted octanol–water partition coefficient (Wildman–Crippen LogP) is 4.00. The summed E-state index contributed by atoms with van der Waals surface area (Å²) in [5, 5.41) is 9.25. The van der Waals surface area contributed by atoms with Gasteiger partial charge in [-0.25, -0.2) is 4.79 Å². The van der Waals surface area contributed by atoms with Crippen molar-refractivity contribution >= 4 is 51.9 Å². The minimum atomic E-state index is -1.04. The molecule has 0 spiro atoms. The minimum absolute atomic E-state index is 0.146. The number of benzene rings is 1. The summed E-state index contributed by atoms with van der Waals surface area (Å²) in [6.07, 6.45) is 1.64. The summed E-state index contributed by atoms with van der Waals surface area (Å²) < 4.78 is 5.81. The summed E-state index contributed by atoms with van der Waals surface area (Å²) in [4.78, 5) is 25.7. The number of amides is 1. The molecule has 1 saturated heterocycles. The first-order valence-corrected chi connectivity index (χ1v) is 8.27. The molecular formula is C17H13NO4S2. The number of carbonyl (C=O) groups excluding carboxylic acids is 1. The smallest absolute Gasteiger partial charge is 0.336 e. The van der Waals surface area contributed by atoms with Gasteiger partial charge in [0.25, 0.3) is 5.91 Å². The van der Waals surface area contributed by atoms with E-state index in [4.69, 9.17) is 16.6 Å². The molecule has 2 heterocycles. The Morgan fingerprint density at radius 1 is 1.29 bits per heavy atom. The summed E-state index contributed by atoms with van der Waals surface area (Å²) in [5.41, 5.74) is 1.21. The zero-order chi connectivity index (χ0) is 17.4. The first-order valence-electron chi connectivity index (χ1n) is 7.05. The van der Waals surface area contributed by atoms with Gasteiger partial charge >= 0.3 is 5.97 Å². The zero-order valence-corrected chi connectivity index (χ0v) is 14.5. The largest absolute Gasteiger partial charge is 0.478 e. The van der Waals surface area contributed by atoms with Gasteiger partial charge in [-0.15, -0.1) is 0 Å². The molecule has 1 fully saturated rings. The molecule has 0 aliphatic carbocycles. The lowest BCUT2D eigenvalue weighted by Gasteiger charge is -2.15. The Kier molecular flexibility index (Phi) is 4.29. The molecule has 0 bridgehead atoms. The molecule has 1 aromatic carbocycles. The summed E-state index contributed by atoms with van der Waals surface area (Å²) in [5.74, 6) is -0.00914. The van der Waals surface area contributed by atoms with E-state index in [2.05, 4.69) is 0 Å². The number of carboxylic acid groups (broad SMARTS) is 1. The normalized spacial score (nSPS) is 16.2. The van der Waals surface area contributed by atoms with Gasteiger partial charge in [-0.2, -0.15) is 0 Å². The zero-order valence-electron chi connectivity index (χ0n) is 12.9. The van der Waals surface area contributed by atoms with Crippen LogP contribution in [0.2, 0.25) is 0 Å². The average Bonchev–Trinajstić information content (AvgIpc) is 3.04. The average molecular weight is 359 g/mol. The van der Waals surface area contributed by atoms with Crippen LogP contribution in [0.5, 0.6) is 0 Å². The van der Waals surface area contributed by atoms with E-state index >= 15 is 0 Å². The van der Waals surface area contributed by atoms with Crippen LogP contribution >= 0.6 is 24.0 Å². The van der Waals surface area contributed by atoms with Crippen LogP contribution in [0.4, 0.5) is 5.69 Å². The highest BCUT2D eigenvalue weighted by molar-refractivity contribution is 8.27. The topological polar surface area (TPSA) is 70.8 Å². The number of carbonyl (C=O) groups is 2. The Morgan fingerprint density at radius 3 is 2.67 bits per heavy atom. The molecule has 1 amide bonds. The molecule has 0 saturated carbocycles. The minimum Gasteiger partial charge on any atom is -0.478 e. The van der Waals surface area contributed by atoms with Crippen LogP contribution in [0, 0.1) is 13.8 Å². The number of thioether (sulfide) groups is 1. The highest BCUT2D eigenvalue weighted by Gasteiger charge is 2.34. The van der Waals surface area contributed by atoms with Gasteiger partial charge in [0.2, 0.25) is 0 Å². The number of anilines is 1. The fraction of sp³-hybridized carbons (Fsp3) is 0.118. The van der Waals surface area contributed by atoms with Crippen molar-refractivity contribution in [3.8, 4) is 0 Å². The number of rotatable bonds is 3. The van der Waals surface area contributed by atoms with E-state index in [1.54, 1.807) is 31.2 Å². The van der Waals surface area contributed by atoms with E-state index in [0.717, 1.165) is 17.5 Å². The quantitative estimate of drug-likeness (QED) is 0.660. The maximum atomic E-state index is 12.7. The number of aryl methyl sites for hydroxylation is 2. The number of hydrogen-bond acceptors (Lipinski definition) is 5. The lowest BCUT2D eigenvalue weighted by molar-refractivity contribution is -0.113. The van der Waals surface area contributed by atoms with Crippen molar-refractivity contribution in [1.82, 2.24) is 0 Å². The van der Waals surface area contributed by atoms with E-state index < -0.39 is 5.97 Å². The first kappa shape index (κ1) is 16.5. The lowest BCUT2D eigenvalue weighted by Crippen LogP contribution is -2.27. The SMILES string of the molecule is Cc1ccc(C=C2SC(=S)N(c3ccc(C)c(C(=O)O)c3)C2=O)o1. The van der Waals surface area contributed by atoms with Gasteiger partial charge in [0.05, 0.1) is 16.2 Å². The van der Waals surface area contributed by atoms with E-state index in [9.17, 15) is 14.7 Å². The van der Waals surface area contributed by atoms with Crippen molar-refractivity contribution in [1.29, 1.82) is 0 Å². The Bertz CT molecular complexity index is 898. The van der Waals surface area contributed by atoms with Gasteiger partial charge in [-0.3, -0.25) is 9.69 Å². The standard InChI is InChI=1S/C17H13NO4S2/c1-9-3-5-11(7-13(9)16(20)21)18-15(19)14(24-17(18)23)8-12-6-4-10(2)22-12/h3-8H,1-2H3,(H,20,21). The number of carboxylic acids is 1. The molecule has 1 aliphatic rings. The van der Waals surface area contributed by atoms with E-state index in [1.807, 2.05) is 13.0 Å². The monoisotopic (exact) mass is 359 g/mol. The molecule has 24 heavy (non-hydrogen) atoms. The van der Waals surface area contributed by atoms with Crippen LogP contribution in [0.25, 0.3) is 6.08 Å². The molecule has 0 radical (unpaired) electrons. The molecule has 1 aromatic heterocycles. The van der Waals surface area contributed by atoms with Crippen LogP contribution in [-0.2, 0) is 4.79 Å². The number of hydrogen-bond donors (Lipinski definition) is 1. The third kappa shape index (κ3) is 3.00. The second-order valence-corrected chi connectivity index (χ2v) is 6.95. The van der Waals surface area contributed by atoms with Crippen LogP contribution in [-0.4, -0.2) is 21.3 Å². The van der Waals surface area contributed by atoms with Crippen LogP contribution in [0.1, 0.15) is 27.4 Å². The molecule has 7 heteroatoms. The fourth-order valence-electron chi connectivity index (χ4n) is 2.33.